The van der Waals surface area contributed by atoms with Crippen LogP contribution in [0.15, 0.2) is 24.3 Å². The summed E-state index contributed by atoms with van der Waals surface area (Å²) in [7, 11) is 1.71. The van der Waals surface area contributed by atoms with Crippen LogP contribution in [-0.2, 0) is 21.4 Å². The molecule has 1 aliphatic rings. The molecule has 1 unspecified atom stereocenters. The number of benzene rings is 1. The Morgan fingerprint density at radius 2 is 2.00 bits per heavy atom. The van der Waals surface area contributed by atoms with Gasteiger partial charge in [-0.3, -0.25) is 4.79 Å². The maximum atomic E-state index is 10.9. The fraction of sp³-hybridized carbons (Fsp3) is 0.533. The van der Waals surface area contributed by atoms with Crippen molar-refractivity contribution in [3.63, 3.8) is 0 Å². The van der Waals surface area contributed by atoms with Crippen LogP contribution in [-0.4, -0.2) is 24.3 Å². The number of carboxylic acid groups (broad SMARTS) is 1. The molecule has 2 rings (SSSR count). The number of hydrogen-bond acceptors (Lipinski definition) is 2. The SMILES string of the molecule is COC(C)Cc1ccc(C2(CC(=O)O)CC2)cc1. The smallest absolute Gasteiger partial charge is 0.304 e. The van der Waals surface area contributed by atoms with Crippen LogP contribution in [0.1, 0.15) is 37.3 Å². The van der Waals surface area contributed by atoms with Gasteiger partial charge in [0, 0.05) is 12.5 Å². The summed E-state index contributed by atoms with van der Waals surface area (Å²) in [5.41, 5.74) is 2.31. The number of hydrogen-bond donors (Lipinski definition) is 1. The molecule has 0 heterocycles. The number of carboxylic acids is 1. The predicted octanol–water partition coefficient (Wildman–Crippen LogP) is 2.77. The minimum absolute atomic E-state index is 0.0861. The standard InChI is InChI=1S/C15H20O3/c1-11(18-2)9-12-3-5-13(6-4-12)15(7-8-15)10-14(16)17/h3-6,11H,7-10H2,1-2H3,(H,16,17). The van der Waals surface area contributed by atoms with Crippen LogP contribution in [0.4, 0.5) is 0 Å². The van der Waals surface area contributed by atoms with Crippen LogP contribution in [0, 0.1) is 0 Å². The zero-order valence-corrected chi connectivity index (χ0v) is 11.0. The first-order chi connectivity index (χ1) is 8.55. The van der Waals surface area contributed by atoms with Crippen molar-refractivity contribution in [2.45, 2.75) is 44.1 Å². The fourth-order valence-electron chi connectivity index (χ4n) is 2.42. The molecule has 0 bridgehead atoms. The van der Waals surface area contributed by atoms with Gasteiger partial charge in [0.05, 0.1) is 12.5 Å². The van der Waals surface area contributed by atoms with Gasteiger partial charge in [-0.2, -0.15) is 0 Å². The summed E-state index contributed by atoms with van der Waals surface area (Å²) in [5, 5.41) is 8.94. The maximum absolute atomic E-state index is 10.9. The minimum atomic E-state index is -0.704. The van der Waals surface area contributed by atoms with Gasteiger partial charge in [-0.15, -0.1) is 0 Å². The van der Waals surface area contributed by atoms with Crippen molar-refractivity contribution in [2.75, 3.05) is 7.11 Å². The Morgan fingerprint density at radius 1 is 1.39 bits per heavy atom. The molecule has 1 aromatic rings. The van der Waals surface area contributed by atoms with E-state index in [1.54, 1.807) is 7.11 Å². The molecular formula is C15H20O3. The molecule has 0 aliphatic heterocycles. The molecule has 0 spiro atoms. The first kappa shape index (κ1) is 13.1. The van der Waals surface area contributed by atoms with E-state index in [1.807, 2.05) is 6.92 Å². The zero-order valence-electron chi connectivity index (χ0n) is 11.0. The van der Waals surface area contributed by atoms with Crippen molar-refractivity contribution in [2.24, 2.45) is 0 Å². The summed E-state index contributed by atoms with van der Waals surface area (Å²) in [5.74, 6) is -0.704. The van der Waals surface area contributed by atoms with Crippen molar-refractivity contribution < 1.29 is 14.6 Å². The molecule has 0 saturated heterocycles. The van der Waals surface area contributed by atoms with E-state index in [0.717, 1.165) is 19.3 Å². The predicted molar refractivity (Wildman–Crippen MR) is 69.8 cm³/mol. The van der Waals surface area contributed by atoms with Gasteiger partial charge in [0.2, 0.25) is 0 Å². The topological polar surface area (TPSA) is 46.5 Å². The molecule has 1 aliphatic carbocycles. The van der Waals surface area contributed by atoms with Crippen LogP contribution >= 0.6 is 0 Å². The van der Waals surface area contributed by atoms with Crippen molar-refractivity contribution in [1.82, 2.24) is 0 Å². The average Bonchev–Trinajstić information content (AvgIpc) is 3.09. The molecule has 0 aromatic heterocycles. The monoisotopic (exact) mass is 248 g/mol. The first-order valence-electron chi connectivity index (χ1n) is 6.40. The van der Waals surface area contributed by atoms with Crippen LogP contribution in [0.3, 0.4) is 0 Å². The van der Waals surface area contributed by atoms with Gasteiger partial charge in [0.25, 0.3) is 0 Å². The van der Waals surface area contributed by atoms with E-state index in [2.05, 4.69) is 24.3 Å². The highest BCUT2D eigenvalue weighted by molar-refractivity contribution is 5.70. The molecule has 1 saturated carbocycles. The van der Waals surface area contributed by atoms with Gasteiger partial charge in [0.1, 0.15) is 0 Å². The molecular weight excluding hydrogens is 228 g/mol. The second kappa shape index (κ2) is 5.11. The highest BCUT2D eigenvalue weighted by Crippen LogP contribution is 2.50. The van der Waals surface area contributed by atoms with E-state index in [4.69, 9.17) is 9.84 Å². The van der Waals surface area contributed by atoms with Crippen molar-refractivity contribution in [3.05, 3.63) is 35.4 Å². The number of rotatable bonds is 6. The molecule has 0 radical (unpaired) electrons. The highest BCUT2D eigenvalue weighted by atomic mass is 16.5. The highest BCUT2D eigenvalue weighted by Gasteiger charge is 2.45. The lowest BCUT2D eigenvalue weighted by atomic mass is 9.91. The largest absolute Gasteiger partial charge is 0.481 e. The number of ether oxygens (including phenoxy) is 1. The number of methoxy groups -OCH3 is 1. The summed E-state index contributed by atoms with van der Waals surface area (Å²) in [6, 6.07) is 8.33. The van der Waals surface area contributed by atoms with Crippen LogP contribution in [0.2, 0.25) is 0 Å². The Balaban J connectivity index is 2.06. The fourth-order valence-corrected chi connectivity index (χ4v) is 2.42. The molecule has 1 aromatic carbocycles. The summed E-state index contributed by atoms with van der Waals surface area (Å²) < 4.78 is 5.24. The van der Waals surface area contributed by atoms with Gasteiger partial charge < -0.3 is 9.84 Å². The van der Waals surface area contributed by atoms with E-state index in [9.17, 15) is 4.79 Å². The van der Waals surface area contributed by atoms with Gasteiger partial charge in [-0.1, -0.05) is 24.3 Å². The van der Waals surface area contributed by atoms with E-state index in [-0.39, 0.29) is 17.9 Å². The van der Waals surface area contributed by atoms with Crippen LogP contribution in [0.5, 0.6) is 0 Å². The quantitative estimate of drug-likeness (QED) is 0.842. The summed E-state index contributed by atoms with van der Waals surface area (Å²) in [6.07, 6.45) is 3.34. The van der Waals surface area contributed by atoms with Crippen LogP contribution in [0.25, 0.3) is 0 Å². The molecule has 3 heteroatoms. The maximum Gasteiger partial charge on any atom is 0.304 e. The Morgan fingerprint density at radius 3 is 2.44 bits per heavy atom. The molecule has 3 nitrogen and oxygen atoms in total. The van der Waals surface area contributed by atoms with E-state index < -0.39 is 5.97 Å². The van der Waals surface area contributed by atoms with Crippen molar-refractivity contribution in [1.29, 1.82) is 0 Å². The van der Waals surface area contributed by atoms with Crippen LogP contribution < -0.4 is 0 Å². The molecule has 0 amide bonds. The van der Waals surface area contributed by atoms with Gasteiger partial charge in [0.15, 0.2) is 0 Å². The van der Waals surface area contributed by atoms with Gasteiger partial charge >= 0.3 is 5.97 Å². The Bertz CT molecular complexity index is 418. The Kier molecular flexibility index (Phi) is 3.71. The average molecular weight is 248 g/mol. The lowest BCUT2D eigenvalue weighted by Crippen LogP contribution is -2.13. The van der Waals surface area contributed by atoms with Crippen molar-refractivity contribution >= 4 is 5.97 Å². The Hall–Kier alpha value is -1.35. The molecule has 1 N–H and O–H groups in total. The number of aliphatic carboxylic acids is 1. The second-order valence-electron chi connectivity index (χ2n) is 5.30. The summed E-state index contributed by atoms with van der Waals surface area (Å²) >= 11 is 0. The van der Waals surface area contributed by atoms with Gasteiger partial charge in [-0.25, -0.2) is 0 Å². The molecule has 98 valence electrons. The lowest BCUT2D eigenvalue weighted by Gasteiger charge is -2.14. The van der Waals surface area contributed by atoms with E-state index >= 15 is 0 Å². The van der Waals surface area contributed by atoms with E-state index in [0.29, 0.717) is 0 Å². The van der Waals surface area contributed by atoms with E-state index in [1.165, 1.54) is 11.1 Å². The van der Waals surface area contributed by atoms with Crippen molar-refractivity contribution in [3.8, 4) is 0 Å². The lowest BCUT2D eigenvalue weighted by molar-refractivity contribution is -0.137. The molecule has 1 atom stereocenters. The molecule has 1 fully saturated rings. The Labute approximate surface area is 108 Å². The normalized spacial score (nSPS) is 18.3. The number of carbonyl (C=O) groups is 1. The zero-order chi connectivity index (χ0) is 13.2. The third-order valence-electron chi connectivity index (χ3n) is 3.84. The third-order valence-corrected chi connectivity index (χ3v) is 3.84. The third kappa shape index (κ3) is 2.91. The van der Waals surface area contributed by atoms with Gasteiger partial charge in [-0.05, 0) is 37.3 Å². The summed E-state index contributed by atoms with van der Waals surface area (Å²) in [6.45, 7) is 2.04. The second-order valence-corrected chi connectivity index (χ2v) is 5.30. The minimum Gasteiger partial charge on any atom is -0.481 e. The first-order valence-corrected chi connectivity index (χ1v) is 6.40. The summed E-state index contributed by atoms with van der Waals surface area (Å²) in [4.78, 5) is 10.9. The molecule has 18 heavy (non-hydrogen) atoms.